The number of aryl methyl sites for hydroxylation is 1. The zero-order chi connectivity index (χ0) is 21.2. The van der Waals surface area contributed by atoms with Gasteiger partial charge in [-0.15, -0.1) is 0 Å². The number of ether oxygens (including phenoxy) is 1. The van der Waals surface area contributed by atoms with Gasteiger partial charge in [-0.3, -0.25) is 9.59 Å². The number of fused-ring (bicyclic) bond motifs is 1. The number of rotatable bonds is 6. The monoisotopic (exact) mass is 416 g/mol. The van der Waals surface area contributed by atoms with Crippen LogP contribution < -0.4 is 5.32 Å². The van der Waals surface area contributed by atoms with E-state index in [0.717, 1.165) is 0 Å². The molecular formula is C20H20N2O6S. The lowest BCUT2D eigenvalue weighted by Crippen LogP contribution is -2.33. The minimum absolute atomic E-state index is 0.0455. The first-order valence-corrected chi connectivity index (χ1v) is 10.4. The molecule has 0 radical (unpaired) electrons. The van der Waals surface area contributed by atoms with Crippen LogP contribution in [0.3, 0.4) is 0 Å². The Morgan fingerprint density at radius 3 is 2.52 bits per heavy atom. The molecule has 0 atom stereocenters. The molecule has 1 aliphatic heterocycles. The largest absolute Gasteiger partial charge is 0.462 e. The molecule has 8 nitrogen and oxygen atoms in total. The molecule has 2 amide bonds. The third-order valence-electron chi connectivity index (χ3n) is 4.47. The molecule has 1 N–H and O–H groups in total. The highest BCUT2D eigenvalue weighted by molar-refractivity contribution is 7.90. The van der Waals surface area contributed by atoms with Crippen molar-refractivity contribution >= 4 is 33.5 Å². The summed E-state index contributed by atoms with van der Waals surface area (Å²) in [6, 6.07) is 10.7. The van der Waals surface area contributed by atoms with E-state index in [2.05, 4.69) is 5.32 Å². The summed E-state index contributed by atoms with van der Waals surface area (Å²) in [5, 5.41) is 2.67. The smallest absolute Gasteiger partial charge is 0.338 e. The van der Waals surface area contributed by atoms with Gasteiger partial charge in [0.05, 0.1) is 17.7 Å². The number of carbonyl (C=O) groups excluding carboxylic acids is 3. The molecule has 9 heteroatoms. The zero-order valence-corrected chi connectivity index (χ0v) is 16.8. The van der Waals surface area contributed by atoms with E-state index in [4.69, 9.17) is 4.74 Å². The predicted molar refractivity (Wildman–Crippen MR) is 105 cm³/mol. The molecule has 0 aromatic heterocycles. The summed E-state index contributed by atoms with van der Waals surface area (Å²) in [5.74, 6) is -1.54. The SMILES string of the molecule is CCOC(=O)c1ccc(NC(=O)CCN2C(=O)c3ccccc3S2(=O)=O)c(C)c1. The Kier molecular flexibility index (Phi) is 5.69. The first-order valence-electron chi connectivity index (χ1n) is 8.99. The Hall–Kier alpha value is -3.20. The van der Waals surface area contributed by atoms with E-state index in [0.29, 0.717) is 21.1 Å². The lowest BCUT2D eigenvalue weighted by atomic mass is 10.1. The quantitative estimate of drug-likeness (QED) is 0.724. The molecule has 2 aromatic carbocycles. The maximum Gasteiger partial charge on any atom is 0.338 e. The molecule has 0 aliphatic carbocycles. The second-order valence-corrected chi connectivity index (χ2v) is 8.26. The molecule has 1 aliphatic rings. The standard InChI is InChI=1S/C20H20N2O6S/c1-3-28-20(25)14-8-9-16(13(2)12-14)21-18(23)10-11-22-19(24)15-6-4-5-7-17(15)29(22,26)27/h4-9,12H,3,10-11H2,1-2H3,(H,21,23). The minimum Gasteiger partial charge on any atom is -0.462 e. The van der Waals surface area contributed by atoms with Gasteiger partial charge in [-0.05, 0) is 49.7 Å². The Morgan fingerprint density at radius 1 is 1.14 bits per heavy atom. The molecule has 2 aromatic rings. The van der Waals surface area contributed by atoms with E-state index < -0.39 is 27.8 Å². The number of hydrogen-bond acceptors (Lipinski definition) is 6. The number of amides is 2. The average molecular weight is 416 g/mol. The van der Waals surface area contributed by atoms with Crippen LogP contribution in [0.4, 0.5) is 5.69 Å². The summed E-state index contributed by atoms with van der Waals surface area (Å²) < 4.78 is 30.7. The van der Waals surface area contributed by atoms with Crippen LogP contribution in [0, 0.1) is 6.92 Å². The van der Waals surface area contributed by atoms with E-state index in [1.807, 2.05) is 0 Å². The fourth-order valence-corrected chi connectivity index (χ4v) is 4.58. The molecule has 0 saturated carbocycles. The lowest BCUT2D eigenvalue weighted by Gasteiger charge is -2.15. The first kappa shape index (κ1) is 20.5. The number of anilines is 1. The number of hydrogen-bond donors (Lipinski definition) is 1. The van der Waals surface area contributed by atoms with E-state index in [-0.39, 0.29) is 30.0 Å². The third-order valence-corrected chi connectivity index (χ3v) is 6.31. The Labute approximate surface area is 168 Å². The fraction of sp³-hybridized carbons (Fsp3) is 0.250. The highest BCUT2D eigenvalue weighted by Gasteiger charge is 2.40. The van der Waals surface area contributed by atoms with Crippen molar-refractivity contribution in [2.45, 2.75) is 25.2 Å². The Balaban J connectivity index is 1.65. The second kappa shape index (κ2) is 8.04. The van der Waals surface area contributed by atoms with Crippen molar-refractivity contribution in [3.05, 3.63) is 59.2 Å². The zero-order valence-electron chi connectivity index (χ0n) is 16.0. The molecule has 1 heterocycles. The van der Waals surface area contributed by atoms with E-state index >= 15 is 0 Å². The lowest BCUT2D eigenvalue weighted by molar-refractivity contribution is -0.116. The van der Waals surface area contributed by atoms with Crippen molar-refractivity contribution in [2.75, 3.05) is 18.5 Å². The summed E-state index contributed by atoms with van der Waals surface area (Å²) in [4.78, 5) is 36.4. The summed E-state index contributed by atoms with van der Waals surface area (Å²) in [7, 11) is -3.94. The van der Waals surface area contributed by atoms with Gasteiger partial charge in [0.15, 0.2) is 0 Å². The molecule has 29 heavy (non-hydrogen) atoms. The number of nitrogens with zero attached hydrogens (tertiary/aromatic N) is 1. The molecule has 0 unspecified atom stereocenters. The fourth-order valence-electron chi connectivity index (χ4n) is 3.01. The number of nitrogens with one attached hydrogen (secondary N) is 1. The van der Waals surface area contributed by atoms with E-state index in [1.165, 1.54) is 18.2 Å². The van der Waals surface area contributed by atoms with Crippen LogP contribution in [0.25, 0.3) is 0 Å². The van der Waals surface area contributed by atoms with E-state index in [1.54, 1.807) is 38.1 Å². The topological polar surface area (TPSA) is 110 Å². The van der Waals surface area contributed by atoms with E-state index in [9.17, 15) is 22.8 Å². The van der Waals surface area contributed by atoms with Gasteiger partial charge in [0.1, 0.15) is 4.90 Å². The van der Waals surface area contributed by atoms with Crippen molar-refractivity contribution in [3.8, 4) is 0 Å². The van der Waals surface area contributed by atoms with Gasteiger partial charge in [0.2, 0.25) is 5.91 Å². The van der Waals surface area contributed by atoms with Gasteiger partial charge in [0.25, 0.3) is 15.9 Å². The van der Waals surface area contributed by atoms with Crippen LogP contribution in [0.2, 0.25) is 0 Å². The van der Waals surface area contributed by atoms with Crippen molar-refractivity contribution in [3.63, 3.8) is 0 Å². The van der Waals surface area contributed by atoms with Crippen LogP contribution in [0.15, 0.2) is 47.4 Å². The van der Waals surface area contributed by atoms with Crippen LogP contribution in [-0.4, -0.2) is 43.7 Å². The van der Waals surface area contributed by atoms with Crippen molar-refractivity contribution in [1.29, 1.82) is 0 Å². The highest BCUT2D eigenvalue weighted by atomic mass is 32.2. The maximum absolute atomic E-state index is 12.5. The van der Waals surface area contributed by atoms with Crippen LogP contribution in [0.1, 0.15) is 39.6 Å². The normalized spacial score (nSPS) is 14.4. The molecule has 0 saturated heterocycles. The number of benzene rings is 2. The van der Waals surface area contributed by atoms with Gasteiger partial charge in [0, 0.05) is 18.7 Å². The molecule has 3 rings (SSSR count). The average Bonchev–Trinajstić information content (AvgIpc) is 2.88. The van der Waals surface area contributed by atoms with Crippen molar-refractivity contribution < 1.29 is 27.5 Å². The van der Waals surface area contributed by atoms with Crippen LogP contribution in [0.5, 0.6) is 0 Å². The predicted octanol–water partition coefficient (Wildman–Crippen LogP) is 2.35. The summed E-state index contributed by atoms with van der Waals surface area (Å²) in [6.45, 7) is 3.44. The number of esters is 1. The van der Waals surface area contributed by atoms with Crippen molar-refractivity contribution in [1.82, 2.24) is 4.31 Å². The van der Waals surface area contributed by atoms with Crippen LogP contribution >= 0.6 is 0 Å². The first-order chi connectivity index (χ1) is 13.8. The molecular weight excluding hydrogens is 396 g/mol. The van der Waals surface area contributed by atoms with Gasteiger partial charge in [-0.25, -0.2) is 17.5 Å². The van der Waals surface area contributed by atoms with Crippen LogP contribution in [-0.2, 0) is 19.6 Å². The molecule has 0 bridgehead atoms. The minimum atomic E-state index is -3.94. The Morgan fingerprint density at radius 2 is 1.86 bits per heavy atom. The summed E-state index contributed by atoms with van der Waals surface area (Å²) >= 11 is 0. The van der Waals surface area contributed by atoms with Gasteiger partial charge in [-0.2, -0.15) is 0 Å². The van der Waals surface area contributed by atoms with Gasteiger partial charge >= 0.3 is 5.97 Å². The van der Waals surface area contributed by atoms with Gasteiger partial charge < -0.3 is 10.1 Å². The maximum atomic E-state index is 12.5. The molecule has 152 valence electrons. The summed E-state index contributed by atoms with van der Waals surface area (Å²) in [6.07, 6.45) is -0.196. The number of sulfonamides is 1. The summed E-state index contributed by atoms with van der Waals surface area (Å²) in [5.41, 5.74) is 1.62. The second-order valence-electron chi connectivity index (χ2n) is 6.43. The Bertz CT molecular complexity index is 1090. The molecule has 0 spiro atoms. The van der Waals surface area contributed by atoms with Gasteiger partial charge in [-0.1, -0.05) is 12.1 Å². The highest BCUT2D eigenvalue weighted by Crippen LogP contribution is 2.30. The van der Waals surface area contributed by atoms with Crippen molar-refractivity contribution in [2.24, 2.45) is 0 Å². The number of carbonyl (C=O) groups is 3. The molecule has 0 fully saturated rings. The third kappa shape index (κ3) is 4.00.